The maximum absolute atomic E-state index is 11.9. The third-order valence-electron chi connectivity index (χ3n) is 4.11. The van der Waals surface area contributed by atoms with Gasteiger partial charge in [-0.1, -0.05) is 29.5 Å². The molecule has 0 saturated heterocycles. The molecule has 0 spiro atoms. The fourth-order valence-electron chi connectivity index (χ4n) is 2.66. The molecule has 0 bridgehead atoms. The Kier molecular flexibility index (Phi) is 4.21. The van der Waals surface area contributed by atoms with Gasteiger partial charge in [0.15, 0.2) is 0 Å². The molecule has 4 rings (SSSR count). The number of fused-ring (bicyclic) bond motifs is 1. The summed E-state index contributed by atoms with van der Waals surface area (Å²) in [7, 11) is 3.42. The number of hydrogen-bond acceptors (Lipinski definition) is 7. The Hall–Kier alpha value is -3.46. The Morgan fingerprint density at radius 2 is 2.00 bits per heavy atom. The quantitative estimate of drug-likeness (QED) is 0.565. The standard InChI is InChI=1S/C18H17N7OS/c1-20-15(26)11-6-5-7-12(10-11)24(2)17-22-16(19)25(23-17)18-21-13-8-3-4-9-14(13)27-18/h3-10H,1-2H3,(H,20,26)(H2,19,22,23). The zero-order chi connectivity index (χ0) is 19.0. The van der Waals surface area contributed by atoms with Gasteiger partial charge >= 0.3 is 0 Å². The highest BCUT2D eigenvalue weighted by molar-refractivity contribution is 7.20. The molecular formula is C18H17N7OS. The van der Waals surface area contributed by atoms with E-state index in [4.69, 9.17) is 5.73 Å². The molecule has 0 aliphatic rings. The summed E-state index contributed by atoms with van der Waals surface area (Å²) in [4.78, 5) is 22.5. The Morgan fingerprint density at radius 3 is 2.78 bits per heavy atom. The number of carbonyl (C=O) groups is 1. The molecule has 27 heavy (non-hydrogen) atoms. The van der Waals surface area contributed by atoms with Crippen molar-refractivity contribution in [2.45, 2.75) is 0 Å². The molecule has 4 aromatic rings. The molecule has 0 aliphatic heterocycles. The molecule has 0 saturated carbocycles. The largest absolute Gasteiger partial charge is 0.368 e. The van der Waals surface area contributed by atoms with Gasteiger partial charge in [0.2, 0.25) is 11.1 Å². The van der Waals surface area contributed by atoms with E-state index in [2.05, 4.69) is 20.4 Å². The number of carbonyl (C=O) groups excluding carboxylic acids is 1. The smallest absolute Gasteiger partial charge is 0.251 e. The SMILES string of the molecule is CNC(=O)c1cccc(N(C)c2nc(N)n(-c3nc4ccccc4s3)n2)c1. The van der Waals surface area contributed by atoms with Crippen LogP contribution in [-0.4, -0.2) is 39.8 Å². The molecule has 9 heteroatoms. The van der Waals surface area contributed by atoms with Crippen LogP contribution in [0.5, 0.6) is 0 Å². The van der Waals surface area contributed by atoms with Crippen molar-refractivity contribution < 1.29 is 4.79 Å². The van der Waals surface area contributed by atoms with Crippen molar-refractivity contribution in [3.05, 3.63) is 54.1 Å². The molecule has 0 aliphatic carbocycles. The Balaban J connectivity index is 1.69. The zero-order valence-electron chi connectivity index (χ0n) is 14.7. The summed E-state index contributed by atoms with van der Waals surface area (Å²) in [5.74, 6) is 0.511. The molecule has 136 valence electrons. The lowest BCUT2D eigenvalue weighted by Gasteiger charge is -2.15. The molecule has 0 atom stereocenters. The van der Waals surface area contributed by atoms with E-state index >= 15 is 0 Å². The van der Waals surface area contributed by atoms with Crippen LogP contribution >= 0.6 is 11.3 Å². The molecular weight excluding hydrogens is 362 g/mol. The van der Waals surface area contributed by atoms with Gasteiger partial charge in [-0.3, -0.25) is 4.79 Å². The van der Waals surface area contributed by atoms with Crippen LogP contribution in [0.25, 0.3) is 15.3 Å². The molecule has 0 fully saturated rings. The summed E-state index contributed by atoms with van der Waals surface area (Å²) in [6, 6.07) is 15.1. The van der Waals surface area contributed by atoms with E-state index in [9.17, 15) is 4.79 Å². The number of rotatable bonds is 4. The van der Waals surface area contributed by atoms with Crippen molar-refractivity contribution in [2.75, 3.05) is 24.7 Å². The second-order valence-corrected chi connectivity index (χ2v) is 6.84. The van der Waals surface area contributed by atoms with Gasteiger partial charge in [-0.2, -0.15) is 9.67 Å². The van der Waals surface area contributed by atoms with Gasteiger partial charge in [-0.15, -0.1) is 5.10 Å². The molecule has 0 radical (unpaired) electrons. The number of nitrogens with two attached hydrogens (primary N) is 1. The number of para-hydroxylation sites is 1. The molecule has 2 heterocycles. The van der Waals surface area contributed by atoms with Crippen LogP contribution in [-0.2, 0) is 0 Å². The van der Waals surface area contributed by atoms with Crippen molar-refractivity contribution in [1.29, 1.82) is 0 Å². The fraction of sp³-hybridized carbons (Fsp3) is 0.111. The Labute approximate surface area is 159 Å². The van der Waals surface area contributed by atoms with Gasteiger partial charge < -0.3 is 16.0 Å². The zero-order valence-corrected chi connectivity index (χ0v) is 15.6. The molecule has 0 unspecified atom stereocenters. The number of nitrogens with zero attached hydrogens (tertiary/aromatic N) is 5. The molecule has 3 N–H and O–H groups in total. The number of nitrogen functional groups attached to an aromatic ring is 1. The minimum atomic E-state index is -0.155. The number of nitrogens with one attached hydrogen (secondary N) is 1. The predicted octanol–water partition coefficient (Wildman–Crippen LogP) is 2.59. The van der Waals surface area contributed by atoms with E-state index in [0.717, 1.165) is 15.9 Å². The minimum Gasteiger partial charge on any atom is -0.368 e. The lowest BCUT2D eigenvalue weighted by Crippen LogP contribution is -2.18. The van der Waals surface area contributed by atoms with Gasteiger partial charge in [0.25, 0.3) is 11.9 Å². The van der Waals surface area contributed by atoms with Crippen molar-refractivity contribution >= 4 is 45.0 Å². The second kappa shape index (κ2) is 6.69. The summed E-state index contributed by atoms with van der Waals surface area (Å²) in [5, 5.41) is 7.77. The highest BCUT2D eigenvalue weighted by Crippen LogP contribution is 2.28. The van der Waals surface area contributed by atoms with E-state index in [1.165, 1.54) is 16.0 Å². The van der Waals surface area contributed by atoms with Crippen LogP contribution in [0.1, 0.15) is 10.4 Å². The summed E-state index contributed by atoms with van der Waals surface area (Å²) in [5.41, 5.74) is 8.30. The number of hydrogen-bond donors (Lipinski definition) is 2. The third-order valence-corrected chi connectivity index (χ3v) is 5.12. The number of aromatic nitrogens is 4. The average Bonchev–Trinajstić information content (AvgIpc) is 3.30. The maximum atomic E-state index is 11.9. The van der Waals surface area contributed by atoms with Crippen LogP contribution in [0.2, 0.25) is 0 Å². The topological polar surface area (TPSA) is 102 Å². The lowest BCUT2D eigenvalue weighted by atomic mass is 10.2. The molecule has 2 aromatic heterocycles. The number of thiazole rings is 1. The van der Waals surface area contributed by atoms with Crippen LogP contribution in [0.4, 0.5) is 17.6 Å². The lowest BCUT2D eigenvalue weighted by molar-refractivity contribution is 0.0963. The minimum absolute atomic E-state index is 0.155. The van der Waals surface area contributed by atoms with Crippen molar-refractivity contribution in [2.24, 2.45) is 0 Å². The van der Waals surface area contributed by atoms with Gasteiger partial charge in [0.05, 0.1) is 10.2 Å². The first kappa shape index (κ1) is 17.0. The van der Waals surface area contributed by atoms with Gasteiger partial charge in [-0.05, 0) is 30.3 Å². The van der Waals surface area contributed by atoms with Gasteiger partial charge in [0.1, 0.15) is 0 Å². The van der Waals surface area contributed by atoms with Crippen molar-refractivity contribution in [3.8, 4) is 5.13 Å². The Morgan fingerprint density at radius 1 is 1.19 bits per heavy atom. The average molecular weight is 379 g/mol. The van der Waals surface area contributed by atoms with E-state index in [0.29, 0.717) is 16.6 Å². The van der Waals surface area contributed by atoms with Gasteiger partial charge in [-0.25, -0.2) is 4.98 Å². The first-order valence-electron chi connectivity index (χ1n) is 8.21. The highest BCUT2D eigenvalue weighted by Gasteiger charge is 2.17. The normalized spacial score (nSPS) is 10.9. The van der Waals surface area contributed by atoms with Crippen LogP contribution < -0.4 is 16.0 Å². The van der Waals surface area contributed by atoms with Crippen molar-refractivity contribution in [1.82, 2.24) is 25.1 Å². The van der Waals surface area contributed by atoms with Crippen LogP contribution in [0.3, 0.4) is 0 Å². The molecule has 2 aromatic carbocycles. The number of anilines is 3. The summed E-state index contributed by atoms with van der Waals surface area (Å²) in [6.45, 7) is 0. The Bertz CT molecular complexity index is 1100. The summed E-state index contributed by atoms with van der Waals surface area (Å²) < 4.78 is 2.58. The number of benzene rings is 2. The monoisotopic (exact) mass is 379 g/mol. The van der Waals surface area contributed by atoms with E-state index in [1.54, 1.807) is 24.1 Å². The summed E-state index contributed by atoms with van der Waals surface area (Å²) >= 11 is 1.49. The third kappa shape index (κ3) is 3.08. The van der Waals surface area contributed by atoms with Crippen LogP contribution in [0, 0.1) is 0 Å². The first-order chi connectivity index (χ1) is 13.1. The molecule has 1 amide bonds. The predicted molar refractivity (Wildman–Crippen MR) is 107 cm³/mol. The van der Waals surface area contributed by atoms with Gasteiger partial charge in [0, 0.05) is 25.3 Å². The maximum Gasteiger partial charge on any atom is 0.251 e. The van der Waals surface area contributed by atoms with E-state index in [1.807, 2.05) is 43.4 Å². The van der Waals surface area contributed by atoms with Crippen LogP contribution in [0.15, 0.2) is 48.5 Å². The highest BCUT2D eigenvalue weighted by atomic mass is 32.1. The second-order valence-electron chi connectivity index (χ2n) is 5.83. The fourth-order valence-corrected chi connectivity index (χ4v) is 3.59. The van der Waals surface area contributed by atoms with Crippen molar-refractivity contribution in [3.63, 3.8) is 0 Å². The van der Waals surface area contributed by atoms with E-state index in [-0.39, 0.29) is 11.9 Å². The molecule has 8 nitrogen and oxygen atoms in total. The summed E-state index contributed by atoms with van der Waals surface area (Å²) in [6.07, 6.45) is 0. The number of amides is 1. The van der Waals surface area contributed by atoms with E-state index < -0.39 is 0 Å². The first-order valence-corrected chi connectivity index (χ1v) is 9.03.